The van der Waals surface area contributed by atoms with Gasteiger partial charge >= 0.3 is 0 Å². The van der Waals surface area contributed by atoms with Crippen LogP contribution >= 0.6 is 45.9 Å². The summed E-state index contributed by atoms with van der Waals surface area (Å²) in [6.07, 6.45) is 0.598. The molecule has 0 aliphatic carbocycles. The molecule has 4 aromatic rings. The van der Waals surface area contributed by atoms with E-state index in [9.17, 15) is 9.59 Å². The van der Waals surface area contributed by atoms with E-state index in [1.807, 2.05) is 50.2 Å². The van der Waals surface area contributed by atoms with Crippen LogP contribution in [0, 0.1) is 13.8 Å². The number of fused-ring (bicyclic) bond motifs is 2. The molecule has 2 amide bonds. The van der Waals surface area contributed by atoms with Crippen LogP contribution in [0.3, 0.4) is 0 Å². The van der Waals surface area contributed by atoms with Gasteiger partial charge < -0.3 is 10.6 Å². The first kappa shape index (κ1) is 22.1. The molecule has 0 bridgehead atoms. The molecule has 31 heavy (non-hydrogen) atoms. The Balaban J connectivity index is 1.30. The van der Waals surface area contributed by atoms with Gasteiger partial charge in [0.15, 0.2) is 0 Å². The van der Waals surface area contributed by atoms with Gasteiger partial charge in [-0.1, -0.05) is 47.5 Å². The Morgan fingerprint density at radius 1 is 0.774 bits per heavy atom. The number of carbonyl (C=O) groups excluding carboxylic acids is 2. The minimum Gasteiger partial charge on any atom is -0.351 e. The van der Waals surface area contributed by atoms with Crippen molar-refractivity contribution in [2.75, 3.05) is 13.1 Å². The van der Waals surface area contributed by atoms with Crippen molar-refractivity contribution >= 4 is 77.9 Å². The van der Waals surface area contributed by atoms with Gasteiger partial charge in [-0.15, -0.1) is 22.7 Å². The molecule has 0 saturated heterocycles. The van der Waals surface area contributed by atoms with E-state index in [-0.39, 0.29) is 11.8 Å². The molecule has 0 radical (unpaired) electrons. The summed E-state index contributed by atoms with van der Waals surface area (Å²) in [5.74, 6) is -0.392. The predicted molar refractivity (Wildman–Crippen MR) is 132 cm³/mol. The molecule has 160 valence electrons. The molecule has 0 fully saturated rings. The van der Waals surface area contributed by atoms with E-state index >= 15 is 0 Å². The zero-order valence-electron chi connectivity index (χ0n) is 17.0. The molecule has 0 saturated carbocycles. The number of hydrogen-bond acceptors (Lipinski definition) is 4. The summed E-state index contributed by atoms with van der Waals surface area (Å²) in [7, 11) is 0. The van der Waals surface area contributed by atoms with Gasteiger partial charge in [0.1, 0.15) is 9.75 Å². The monoisotopic (exact) mass is 490 g/mol. The third-order valence-electron chi connectivity index (χ3n) is 4.91. The molecule has 0 unspecified atom stereocenters. The quantitative estimate of drug-likeness (QED) is 0.299. The van der Waals surface area contributed by atoms with Gasteiger partial charge in [-0.05, 0) is 43.5 Å². The summed E-state index contributed by atoms with van der Waals surface area (Å²) >= 11 is 15.6. The third-order valence-corrected chi connectivity index (χ3v) is 8.22. The van der Waals surface area contributed by atoms with Crippen LogP contribution in [-0.4, -0.2) is 24.9 Å². The first-order valence-electron chi connectivity index (χ1n) is 9.79. The first-order chi connectivity index (χ1) is 14.8. The molecule has 0 atom stereocenters. The fraction of sp³-hybridized carbons (Fsp3) is 0.217. The molecule has 4 nitrogen and oxygen atoms in total. The largest absolute Gasteiger partial charge is 0.351 e. The number of benzene rings is 2. The van der Waals surface area contributed by atoms with Crippen molar-refractivity contribution in [3.63, 3.8) is 0 Å². The van der Waals surface area contributed by atoms with Gasteiger partial charge in [0.25, 0.3) is 11.8 Å². The number of halogens is 2. The lowest BCUT2D eigenvalue weighted by Gasteiger charge is -2.06. The third kappa shape index (κ3) is 4.58. The summed E-state index contributed by atoms with van der Waals surface area (Å²) in [6.45, 7) is 4.88. The van der Waals surface area contributed by atoms with Crippen molar-refractivity contribution in [2.45, 2.75) is 20.3 Å². The fourth-order valence-electron chi connectivity index (χ4n) is 3.29. The zero-order valence-corrected chi connectivity index (χ0v) is 20.1. The highest BCUT2D eigenvalue weighted by atomic mass is 35.5. The molecule has 2 aromatic heterocycles. The lowest BCUT2D eigenvalue weighted by atomic mass is 10.2. The highest BCUT2D eigenvalue weighted by molar-refractivity contribution is 7.22. The van der Waals surface area contributed by atoms with Crippen LogP contribution in [0.5, 0.6) is 0 Å². The van der Waals surface area contributed by atoms with Crippen LogP contribution in [-0.2, 0) is 0 Å². The van der Waals surface area contributed by atoms with E-state index in [0.29, 0.717) is 39.3 Å². The Labute approximate surface area is 198 Å². The van der Waals surface area contributed by atoms with Crippen LogP contribution < -0.4 is 10.6 Å². The fourth-order valence-corrected chi connectivity index (χ4v) is 6.35. The molecule has 0 spiro atoms. The first-order valence-corrected chi connectivity index (χ1v) is 12.2. The summed E-state index contributed by atoms with van der Waals surface area (Å²) in [4.78, 5) is 26.1. The van der Waals surface area contributed by atoms with Crippen molar-refractivity contribution in [1.29, 1.82) is 0 Å². The van der Waals surface area contributed by atoms with Crippen LogP contribution in [0.15, 0.2) is 36.4 Å². The number of amides is 2. The van der Waals surface area contributed by atoms with E-state index in [1.165, 1.54) is 22.7 Å². The second-order valence-corrected chi connectivity index (χ2v) is 10.2. The predicted octanol–water partition coefficient (Wildman–Crippen LogP) is 6.59. The molecule has 8 heteroatoms. The number of carbonyl (C=O) groups is 2. The second kappa shape index (κ2) is 9.17. The molecule has 0 aliphatic rings. The lowest BCUT2D eigenvalue weighted by molar-refractivity contribution is 0.0956. The molecular formula is C23H20Cl2N2O2S2. The molecule has 4 rings (SSSR count). The number of thiophene rings is 2. The van der Waals surface area contributed by atoms with Crippen molar-refractivity contribution in [3.05, 3.63) is 67.3 Å². The summed E-state index contributed by atoms with van der Waals surface area (Å²) < 4.78 is 2.00. The molecule has 0 aliphatic heterocycles. The number of rotatable bonds is 6. The molecule has 2 aromatic carbocycles. The molecular weight excluding hydrogens is 471 g/mol. The van der Waals surface area contributed by atoms with Crippen LogP contribution in [0.4, 0.5) is 0 Å². The Kier molecular flexibility index (Phi) is 6.53. The lowest BCUT2D eigenvalue weighted by Crippen LogP contribution is -2.29. The normalized spacial score (nSPS) is 11.2. The highest BCUT2D eigenvalue weighted by Crippen LogP contribution is 2.36. The zero-order chi connectivity index (χ0) is 22.1. The summed E-state index contributed by atoms with van der Waals surface area (Å²) in [5.41, 5.74) is 2.25. The van der Waals surface area contributed by atoms with E-state index < -0.39 is 0 Å². The second-order valence-electron chi connectivity index (χ2n) is 7.35. The van der Waals surface area contributed by atoms with Gasteiger partial charge in [-0.25, -0.2) is 0 Å². The average Bonchev–Trinajstić information content (AvgIpc) is 3.23. The maximum atomic E-state index is 12.5. The number of hydrogen-bond donors (Lipinski definition) is 2. The van der Waals surface area contributed by atoms with Crippen molar-refractivity contribution in [1.82, 2.24) is 10.6 Å². The Bertz CT molecular complexity index is 1210. The molecule has 2 heterocycles. The molecule has 2 N–H and O–H groups in total. The number of aryl methyl sites for hydroxylation is 2. The Morgan fingerprint density at radius 2 is 1.19 bits per heavy atom. The number of nitrogens with one attached hydrogen (secondary N) is 2. The smallest absolute Gasteiger partial charge is 0.262 e. The Hall–Kier alpha value is -2.12. The van der Waals surface area contributed by atoms with Crippen LogP contribution in [0.25, 0.3) is 20.2 Å². The maximum absolute atomic E-state index is 12.5. The maximum Gasteiger partial charge on any atom is 0.262 e. The van der Waals surface area contributed by atoms with Crippen LogP contribution in [0.2, 0.25) is 10.0 Å². The topological polar surface area (TPSA) is 58.2 Å². The highest BCUT2D eigenvalue weighted by Gasteiger charge is 2.18. The van der Waals surface area contributed by atoms with Gasteiger partial charge in [0, 0.05) is 33.3 Å². The van der Waals surface area contributed by atoms with E-state index in [0.717, 1.165) is 31.3 Å². The van der Waals surface area contributed by atoms with E-state index in [4.69, 9.17) is 23.2 Å². The van der Waals surface area contributed by atoms with E-state index in [1.54, 1.807) is 0 Å². The minimum atomic E-state index is -0.196. The summed E-state index contributed by atoms with van der Waals surface area (Å²) in [5, 5.41) is 8.52. The van der Waals surface area contributed by atoms with Crippen molar-refractivity contribution in [2.24, 2.45) is 0 Å². The Morgan fingerprint density at radius 3 is 1.61 bits per heavy atom. The average molecular weight is 491 g/mol. The van der Waals surface area contributed by atoms with Crippen LogP contribution in [0.1, 0.15) is 36.9 Å². The minimum absolute atomic E-state index is 0.196. The van der Waals surface area contributed by atoms with Gasteiger partial charge in [-0.3, -0.25) is 9.59 Å². The van der Waals surface area contributed by atoms with Gasteiger partial charge in [0.2, 0.25) is 0 Å². The van der Waals surface area contributed by atoms with E-state index in [2.05, 4.69) is 10.6 Å². The van der Waals surface area contributed by atoms with Crippen molar-refractivity contribution < 1.29 is 9.59 Å². The SMILES string of the molecule is Cc1ccc2c(Cl)c(C(=O)NCCCNC(=O)c3sc4cc(C)ccc4c3Cl)sc2c1. The standard InChI is InChI=1S/C23H20Cl2N2O2S2/c1-12-4-6-14-16(10-12)30-20(18(14)24)22(28)26-8-3-9-27-23(29)21-19(25)15-7-5-13(2)11-17(15)31-21/h4-7,10-11H,3,8-9H2,1-2H3,(H,26,28)(H,27,29). The van der Waals surface area contributed by atoms with Gasteiger partial charge in [0.05, 0.1) is 10.0 Å². The summed E-state index contributed by atoms with van der Waals surface area (Å²) in [6, 6.07) is 11.9. The van der Waals surface area contributed by atoms with Crippen molar-refractivity contribution in [3.8, 4) is 0 Å². The van der Waals surface area contributed by atoms with Gasteiger partial charge in [-0.2, -0.15) is 0 Å².